The number of hydrogen-bond acceptors (Lipinski definition) is 3. The summed E-state index contributed by atoms with van der Waals surface area (Å²) < 4.78 is 5.22. The maximum absolute atomic E-state index is 10.0. The second-order valence-electron chi connectivity index (χ2n) is 4.26. The van der Waals surface area contributed by atoms with Gasteiger partial charge in [-0.25, -0.2) is 0 Å². The Bertz CT molecular complexity index is 406. The molecule has 1 aliphatic rings. The molecule has 0 atom stereocenters. The molecule has 2 N–H and O–H groups in total. The molecule has 3 nitrogen and oxygen atoms in total. The molecule has 0 amide bonds. The van der Waals surface area contributed by atoms with Crippen LogP contribution in [0.4, 0.5) is 0 Å². The van der Waals surface area contributed by atoms with Gasteiger partial charge in [-0.1, -0.05) is 0 Å². The molecule has 0 bridgehead atoms. The van der Waals surface area contributed by atoms with Crippen LogP contribution in [0, 0.1) is 13.8 Å². The second-order valence-corrected chi connectivity index (χ2v) is 4.26. The van der Waals surface area contributed by atoms with Gasteiger partial charge in [0.2, 0.25) is 0 Å². The van der Waals surface area contributed by atoms with Crippen LogP contribution in [-0.4, -0.2) is 17.3 Å². The van der Waals surface area contributed by atoms with E-state index in [0.717, 1.165) is 16.9 Å². The van der Waals surface area contributed by atoms with Crippen LogP contribution in [0.3, 0.4) is 0 Å². The maximum atomic E-state index is 10.0. The summed E-state index contributed by atoms with van der Waals surface area (Å²) in [6, 6.07) is 1.74. The third-order valence-electron chi connectivity index (χ3n) is 3.26. The summed E-state index contributed by atoms with van der Waals surface area (Å²) in [5, 5.41) is 20.0. The van der Waals surface area contributed by atoms with E-state index in [2.05, 4.69) is 0 Å². The molecule has 1 saturated carbocycles. The topological polar surface area (TPSA) is 49.7 Å². The van der Waals surface area contributed by atoms with E-state index in [1.807, 2.05) is 13.8 Å². The zero-order valence-corrected chi connectivity index (χ0v) is 9.29. The smallest absolute Gasteiger partial charge is 0.125 e. The van der Waals surface area contributed by atoms with Crippen LogP contribution < -0.4 is 4.74 Å². The highest BCUT2D eigenvalue weighted by Crippen LogP contribution is 2.51. The van der Waals surface area contributed by atoms with Gasteiger partial charge in [0.1, 0.15) is 11.5 Å². The van der Waals surface area contributed by atoms with Crippen molar-refractivity contribution in [3.63, 3.8) is 0 Å². The largest absolute Gasteiger partial charge is 0.507 e. The van der Waals surface area contributed by atoms with Crippen molar-refractivity contribution in [2.75, 3.05) is 7.11 Å². The first kappa shape index (κ1) is 10.3. The lowest BCUT2D eigenvalue weighted by atomic mass is 9.98. The van der Waals surface area contributed by atoms with Gasteiger partial charge >= 0.3 is 0 Å². The molecule has 0 aliphatic heterocycles. The summed E-state index contributed by atoms with van der Waals surface area (Å²) in [5.41, 5.74) is 1.48. The van der Waals surface area contributed by atoms with Crippen molar-refractivity contribution in [2.45, 2.75) is 32.3 Å². The van der Waals surface area contributed by atoms with Gasteiger partial charge in [-0.05, 0) is 43.9 Å². The normalized spacial score (nSPS) is 17.6. The number of phenols is 1. The van der Waals surface area contributed by atoms with E-state index >= 15 is 0 Å². The Hall–Kier alpha value is -1.22. The van der Waals surface area contributed by atoms with Crippen LogP contribution in [0.5, 0.6) is 11.5 Å². The third-order valence-corrected chi connectivity index (χ3v) is 3.26. The van der Waals surface area contributed by atoms with Gasteiger partial charge in [0.05, 0.1) is 12.7 Å². The molecule has 1 aromatic rings. The average molecular weight is 208 g/mol. The standard InChI is InChI=1S/C12H16O3/c1-7-8(2)11(13)9(6-10(7)15-3)12(14)4-5-12/h6,13-14H,4-5H2,1-3H3. The average Bonchev–Trinajstić information content (AvgIpc) is 2.94. The molecule has 15 heavy (non-hydrogen) atoms. The number of aromatic hydroxyl groups is 1. The Kier molecular flexibility index (Phi) is 2.15. The lowest BCUT2D eigenvalue weighted by molar-refractivity contribution is 0.147. The highest BCUT2D eigenvalue weighted by molar-refractivity contribution is 5.54. The van der Waals surface area contributed by atoms with E-state index in [-0.39, 0.29) is 5.75 Å². The van der Waals surface area contributed by atoms with Crippen molar-refractivity contribution in [2.24, 2.45) is 0 Å². The van der Waals surface area contributed by atoms with Crippen molar-refractivity contribution in [3.05, 3.63) is 22.8 Å². The number of methoxy groups -OCH3 is 1. The fraction of sp³-hybridized carbons (Fsp3) is 0.500. The quantitative estimate of drug-likeness (QED) is 0.781. The molecular formula is C12H16O3. The summed E-state index contributed by atoms with van der Waals surface area (Å²) in [7, 11) is 1.60. The van der Waals surface area contributed by atoms with Crippen LogP contribution in [0.25, 0.3) is 0 Å². The predicted octanol–water partition coefficient (Wildman–Crippen LogP) is 2.00. The zero-order valence-electron chi connectivity index (χ0n) is 9.29. The molecule has 0 aromatic heterocycles. The lowest BCUT2D eigenvalue weighted by Gasteiger charge is -2.17. The van der Waals surface area contributed by atoms with Gasteiger partial charge < -0.3 is 14.9 Å². The summed E-state index contributed by atoms with van der Waals surface area (Å²) in [5.74, 6) is 0.925. The number of rotatable bonds is 2. The fourth-order valence-electron chi connectivity index (χ4n) is 1.83. The molecule has 0 unspecified atom stereocenters. The van der Waals surface area contributed by atoms with Crippen molar-refractivity contribution in [3.8, 4) is 11.5 Å². The minimum Gasteiger partial charge on any atom is -0.507 e. The van der Waals surface area contributed by atoms with E-state index in [1.54, 1.807) is 13.2 Å². The van der Waals surface area contributed by atoms with Crippen LogP contribution >= 0.6 is 0 Å². The Balaban J connectivity index is 2.61. The molecule has 2 rings (SSSR count). The van der Waals surface area contributed by atoms with E-state index in [9.17, 15) is 10.2 Å². The molecule has 1 aromatic carbocycles. The molecule has 1 fully saturated rings. The van der Waals surface area contributed by atoms with E-state index in [0.29, 0.717) is 18.4 Å². The maximum Gasteiger partial charge on any atom is 0.125 e. The first-order chi connectivity index (χ1) is 6.99. The van der Waals surface area contributed by atoms with E-state index < -0.39 is 5.60 Å². The van der Waals surface area contributed by atoms with Crippen LogP contribution in [0.15, 0.2) is 6.07 Å². The summed E-state index contributed by atoms with van der Waals surface area (Å²) >= 11 is 0. The Morgan fingerprint density at radius 3 is 2.33 bits per heavy atom. The molecule has 0 heterocycles. The van der Waals surface area contributed by atoms with Gasteiger partial charge in [-0.15, -0.1) is 0 Å². The zero-order chi connectivity index (χ0) is 11.2. The summed E-state index contributed by atoms with van der Waals surface area (Å²) in [6.45, 7) is 3.73. The van der Waals surface area contributed by atoms with Crippen molar-refractivity contribution in [1.82, 2.24) is 0 Å². The number of hydrogen-bond donors (Lipinski definition) is 2. The molecule has 0 spiro atoms. The minimum atomic E-state index is -0.824. The highest BCUT2D eigenvalue weighted by Gasteiger charge is 2.44. The Morgan fingerprint density at radius 2 is 1.87 bits per heavy atom. The Morgan fingerprint density at radius 1 is 1.27 bits per heavy atom. The molecule has 3 heteroatoms. The monoisotopic (exact) mass is 208 g/mol. The van der Waals surface area contributed by atoms with Gasteiger partial charge in [0, 0.05) is 5.56 Å². The van der Waals surface area contributed by atoms with E-state index in [1.165, 1.54) is 0 Å². The van der Waals surface area contributed by atoms with Gasteiger partial charge in [-0.2, -0.15) is 0 Å². The first-order valence-corrected chi connectivity index (χ1v) is 5.09. The predicted molar refractivity (Wildman–Crippen MR) is 57.3 cm³/mol. The highest BCUT2D eigenvalue weighted by atomic mass is 16.5. The third kappa shape index (κ3) is 1.47. The molecular weight excluding hydrogens is 192 g/mol. The number of benzene rings is 1. The SMILES string of the molecule is COc1cc(C2(O)CC2)c(O)c(C)c1C. The fourth-order valence-corrected chi connectivity index (χ4v) is 1.83. The molecule has 0 radical (unpaired) electrons. The van der Waals surface area contributed by atoms with E-state index in [4.69, 9.17) is 4.74 Å². The van der Waals surface area contributed by atoms with Crippen LogP contribution in [0.2, 0.25) is 0 Å². The molecule has 1 aliphatic carbocycles. The number of ether oxygens (including phenoxy) is 1. The van der Waals surface area contributed by atoms with Crippen molar-refractivity contribution < 1.29 is 14.9 Å². The van der Waals surface area contributed by atoms with Crippen molar-refractivity contribution in [1.29, 1.82) is 0 Å². The van der Waals surface area contributed by atoms with Crippen LogP contribution in [-0.2, 0) is 5.60 Å². The number of aliphatic hydroxyl groups is 1. The van der Waals surface area contributed by atoms with Gasteiger partial charge in [-0.3, -0.25) is 0 Å². The summed E-state index contributed by atoms with van der Waals surface area (Å²) in [4.78, 5) is 0. The summed E-state index contributed by atoms with van der Waals surface area (Å²) in [6.07, 6.45) is 1.43. The molecule has 0 saturated heterocycles. The van der Waals surface area contributed by atoms with Gasteiger partial charge in [0.25, 0.3) is 0 Å². The molecule has 82 valence electrons. The minimum absolute atomic E-state index is 0.202. The first-order valence-electron chi connectivity index (χ1n) is 5.09. The van der Waals surface area contributed by atoms with Crippen molar-refractivity contribution >= 4 is 0 Å². The second kappa shape index (κ2) is 3.14. The number of phenolic OH excluding ortho intramolecular Hbond substituents is 1. The van der Waals surface area contributed by atoms with Crippen LogP contribution in [0.1, 0.15) is 29.5 Å². The van der Waals surface area contributed by atoms with Gasteiger partial charge in [0.15, 0.2) is 0 Å². The Labute approximate surface area is 89.3 Å². The lowest BCUT2D eigenvalue weighted by Crippen LogP contribution is -2.07.